The Hall–Kier alpha value is -5.32. The second-order valence-corrected chi connectivity index (χ2v) is 11.6. The van der Waals surface area contributed by atoms with Gasteiger partial charge in [0.2, 0.25) is 0 Å². The van der Waals surface area contributed by atoms with Crippen molar-refractivity contribution in [3.05, 3.63) is 144 Å². The lowest BCUT2D eigenvalue weighted by molar-refractivity contribution is -0.298. The molecule has 0 bridgehead atoms. The molecule has 0 aliphatic carbocycles. The van der Waals surface area contributed by atoms with Crippen LogP contribution in [-0.4, -0.2) is 67.8 Å². The normalized spacial score (nSPS) is 19.9. The van der Waals surface area contributed by atoms with Crippen LogP contribution in [0.2, 0.25) is 0 Å². The molecule has 1 aliphatic heterocycles. The van der Waals surface area contributed by atoms with Crippen molar-refractivity contribution in [1.29, 1.82) is 0 Å². The van der Waals surface area contributed by atoms with E-state index in [2.05, 4.69) is 6.92 Å². The van der Waals surface area contributed by atoms with Crippen LogP contribution in [0.4, 0.5) is 0 Å². The fourth-order valence-corrected chi connectivity index (χ4v) is 5.39. The van der Waals surface area contributed by atoms with Gasteiger partial charge < -0.3 is 28.4 Å². The first-order valence-electron chi connectivity index (χ1n) is 16.7. The highest BCUT2D eigenvalue weighted by atomic mass is 16.7. The van der Waals surface area contributed by atoms with Crippen LogP contribution in [0.5, 0.6) is 0 Å². The highest BCUT2D eigenvalue weighted by Crippen LogP contribution is 2.32. The predicted octanol–water partition coefficient (Wildman–Crippen LogP) is 6.84. The van der Waals surface area contributed by atoms with Crippen molar-refractivity contribution >= 4 is 23.9 Å². The SMILES string of the molecule is CCCCCCOC1OC(COC(=O)c2ccccc2)C(OC(=O)c2ccccc2)C(OC(=O)c2ccccc2)C1OC(=O)c1ccccc1. The maximum Gasteiger partial charge on any atom is 0.338 e. The van der Waals surface area contributed by atoms with Gasteiger partial charge in [-0.1, -0.05) is 99.0 Å². The van der Waals surface area contributed by atoms with Crippen LogP contribution in [0.25, 0.3) is 0 Å². The third-order valence-electron chi connectivity index (χ3n) is 8.02. The molecule has 4 aromatic carbocycles. The standard InChI is InChI=1S/C40H40O10/c1-2-3-4-17-26-45-40-35(50-39(44)31-24-15-8-16-25-31)34(49-38(43)30-22-13-7-14-23-30)33(48-37(42)29-20-11-6-12-21-29)32(47-40)27-46-36(41)28-18-9-5-10-19-28/h5-16,18-25,32-35,40H,2-4,17,26-27H2,1H3. The summed E-state index contributed by atoms with van der Waals surface area (Å²) in [4.78, 5) is 53.8. The molecule has 1 saturated heterocycles. The van der Waals surface area contributed by atoms with Crippen molar-refractivity contribution in [2.45, 2.75) is 63.3 Å². The predicted molar refractivity (Wildman–Crippen MR) is 182 cm³/mol. The highest BCUT2D eigenvalue weighted by Gasteiger charge is 2.53. The maximum atomic E-state index is 13.6. The van der Waals surface area contributed by atoms with Gasteiger partial charge in [0.05, 0.1) is 22.3 Å². The van der Waals surface area contributed by atoms with E-state index in [0.29, 0.717) is 12.0 Å². The van der Waals surface area contributed by atoms with Crippen molar-refractivity contribution in [2.24, 2.45) is 0 Å². The van der Waals surface area contributed by atoms with E-state index >= 15 is 0 Å². The number of hydrogen-bond donors (Lipinski definition) is 0. The van der Waals surface area contributed by atoms with Gasteiger partial charge in [0, 0.05) is 6.61 Å². The number of ether oxygens (including phenoxy) is 6. The summed E-state index contributed by atoms with van der Waals surface area (Å²) in [6.07, 6.45) is -3.16. The van der Waals surface area contributed by atoms with Crippen molar-refractivity contribution in [3.8, 4) is 0 Å². The van der Waals surface area contributed by atoms with E-state index in [4.69, 9.17) is 28.4 Å². The van der Waals surface area contributed by atoms with Crippen LogP contribution in [0.15, 0.2) is 121 Å². The van der Waals surface area contributed by atoms with Crippen LogP contribution in [0.3, 0.4) is 0 Å². The molecule has 0 saturated carbocycles. The number of carbonyl (C=O) groups is 4. The number of benzene rings is 4. The topological polar surface area (TPSA) is 124 Å². The molecule has 0 amide bonds. The van der Waals surface area contributed by atoms with Gasteiger partial charge in [-0.25, -0.2) is 19.2 Å². The fraction of sp³-hybridized carbons (Fsp3) is 0.300. The highest BCUT2D eigenvalue weighted by molar-refractivity contribution is 5.91. The van der Waals surface area contributed by atoms with Gasteiger partial charge in [-0.2, -0.15) is 0 Å². The summed E-state index contributed by atoms with van der Waals surface area (Å²) in [5.41, 5.74) is 0.961. The number of carbonyl (C=O) groups excluding carboxylic acids is 4. The van der Waals surface area contributed by atoms with Gasteiger partial charge in [-0.05, 0) is 55.0 Å². The molecule has 10 nitrogen and oxygen atoms in total. The maximum absolute atomic E-state index is 13.6. The minimum absolute atomic E-state index is 0.212. The van der Waals surface area contributed by atoms with E-state index in [0.717, 1.165) is 19.3 Å². The second-order valence-electron chi connectivity index (χ2n) is 11.6. The number of rotatable bonds is 15. The van der Waals surface area contributed by atoms with Crippen LogP contribution in [0, 0.1) is 0 Å². The molecule has 260 valence electrons. The zero-order valence-electron chi connectivity index (χ0n) is 27.8. The lowest BCUT2D eigenvalue weighted by Gasteiger charge is -2.44. The van der Waals surface area contributed by atoms with Crippen molar-refractivity contribution in [1.82, 2.24) is 0 Å². The summed E-state index contributed by atoms with van der Waals surface area (Å²) < 4.78 is 36.3. The van der Waals surface area contributed by atoms with Crippen molar-refractivity contribution in [3.63, 3.8) is 0 Å². The minimum Gasteiger partial charge on any atom is -0.459 e. The number of hydrogen-bond acceptors (Lipinski definition) is 10. The summed E-state index contributed by atoms with van der Waals surface area (Å²) in [6, 6.07) is 33.1. The van der Waals surface area contributed by atoms with Gasteiger partial charge in [-0.3, -0.25) is 0 Å². The minimum atomic E-state index is -1.45. The van der Waals surface area contributed by atoms with Crippen molar-refractivity contribution < 1.29 is 47.6 Å². The van der Waals surface area contributed by atoms with Crippen LogP contribution < -0.4 is 0 Å². The van der Waals surface area contributed by atoms with E-state index in [1.165, 1.54) is 0 Å². The molecule has 5 unspecified atom stereocenters. The quantitative estimate of drug-likeness (QED) is 0.0749. The molecule has 1 heterocycles. The molecule has 5 atom stereocenters. The van der Waals surface area contributed by atoms with E-state index in [1.807, 2.05) is 0 Å². The van der Waals surface area contributed by atoms with Crippen LogP contribution in [-0.2, 0) is 28.4 Å². The lowest BCUT2D eigenvalue weighted by Crippen LogP contribution is -2.63. The molecule has 5 rings (SSSR count). The first-order valence-corrected chi connectivity index (χ1v) is 16.7. The Morgan fingerprint density at radius 3 is 1.40 bits per heavy atom. The van der Waals surface area contributed by atoms with Gasteiger partial charge in [0.1, 0.15) is 12.7 Å². The van der Waals surface area contributed by atoms with E-state index in [9.17, 15) is 19.2 Å². The molecule has 1 aliphatic rings. The summed E-state index contributed by atoms with van der Waals surface area (Å²) in [5, 5.41) is 0. The first kappa shape index (κ1) is 36.0. The number of esters is 4. The first-order chi connectivity index (χ1) is 24.4. The summed E-state index contributed by atoms with van der Waals surface area (Å²) in [5.74, 6) is -2.90. The smallest absolute Gasteiger partial charge is 0.338 e. The molecule has 50 heavy (non-hydrogen) atoms. The van der Waals surface area contributed by atoms with Crippen LogP contribution in [0.1, 0.15) is 74.0 Å². The Morgan fingerprint density at radius 2 is 0.940 bits per heavy atom. The summed E-state index contributed by atoms with van der Waals surface area (Å²) in [7, 11) is 0. The third kappa shape index (κ3) is 9.87. The molecule has 0 spiro atoms. The Kier molecular flexibility index (Phi) is 13.3. The zero-order valence-corrected chi connectivity index (χ0v) is 27.8. The van der Waals surface area contributed by atoms with Gasteiger partial charge in [0.25, 0.3) is 0 Å². The van der Waals surface area contributed by atoms with Crippen molar-refractivity contribution in [2.75, 3.05) is 13.2 Å². The molecule has 4 aromatic rings. The molecular formula is C40H40O10. The lowest BCUT2D eigenvalue weighted by atomic mass is 9.97. The molecule has 0 N–H and O–H groups in total. The summed E-state index contributed by atoms with van der Waals surface area (Å²) in [6.45, 7) is 1.91. The second kappa shape index (κ2) is 18.4. The Labute approximate surface area is 291 Å². The van der Waals surface area contributed by atoms with E-state index in [1.54, 1.807) is 121 Å². The van der Waals surface area contributed by atoms with E-state index < -0.39 is 61.2 Å². The molecule has 0 radical (unpaired) electrons. The largest absolute Gasteiger partial charge is 0.459 e. The monoisotopic (exact) mass is 680 g/mol. The Balaban J connectivity index is 1.52. The van der Waals surface area contributed by atoms with Gasteiger partial charge in [0.15, 0.2) is 24.6 Å². The average Bonchev–Trinajstić information content (AvgIpc) is 3.17. The molecule has 0 aromatic heterocycles. The van der Waals surface area contributed by atoms with Gasteiger partial charge >= 0.3 is 23.9 Å². The summed E-state index contributed by atoms with van der Waals surface area (Å²) >= 11 is 0. The van der Waals surface area contributed by atoms with Crippen LogP contribution >= 0.6 is 0 Å². The molecule has 10 heteroatoms. The Bertz CT molecular complexity index is 1660. The molecular weight excluding hydrogens is 640 g/mol. The molecule has 1 fully saturated rings. The zero-order chi connectivity index (χ0) is 35.1. The Morgan fingerprint density at radius 1 is 0.520 bits per heavy atom. The van der Waals surface area contributed by atoms with E-state index in [-0.39, 0.29) is 23.3 Å². The number of unbranched alkanes of at least 4 members (excludes halogenated alkanes) is 3. The fourth-order valence-electron chi connectivity index (χ4n) is 5.39. The third-order valence-corrected chi connectivity index (χ3v) is 8.02. The average molecular weight is 681 g/mol. The van der Waals surface area contributed by atoms with Gasteiger partial charge in [-0.15, -0.1) is 0 Å².